The Labute approximate surface area is 315 Å². The minimum absolute atomic E-state index is 0.00428. The molecule has 0 saturated carbocycles. The van der Waals surface area contributed by atoms with Gasteiger partial charge >= 0.3 is 5.97 Å². The summed E-state index contributed by atoms with van der Waals surface area (Å²) >= 11 is 6.77. The second-order valence-electron chi connectivity index (χ2n) is 12.6. The maximum atomic E-state index is 14.8. The molecule has 13 nitrogen and oxygen atoms in total. The summed E-state index contributed by atoms with van der Waals surface area (Å²) in [6, 6.07) is 16.2. The molecule has 0 bridgehead atoms. The van der Waals surface area contributed by atoms with Crippen LogP contribution in [0.5, 0.6) is 11.5 Å². The molecule has 0 radical (unpaired) electrons. The highest BCUT2D eigenvalue weighted by molar-refractivity contribution is 6.32. The van der Waals surface area contributed by atoms with Crippen molar-refractivity contribution in [3.8, 4) is 28.7 Å². The number of aliphatic carboxylic acids is 1. The van der Waals surface area contributed by atoms with E-state index in [0.717, 1.165) is 16.7 Å². The van der Waals surface area contributed by atoms with Crippen molar-refractivity contribution in [1.82, 2.24) is 15.6 Å². The summed E-state index contributed by atoms with van der Waals surface area (Å²) in [6.45, 7) is -2.44. The van der Waals surface area contributed by atoms with E-state index in [1.54, 1.807) is 42.6 Å². The van der Waals surface area contributed by atoms with Gasteiger partial charge in [-0.1, -0.05) is 48.0 Å². The fourth-order valence-electron chi connectivity index (χ4n) is 6.17. The van der Waals surface area contributed by atoms with E-state index < -0.39 is 68.0 Å². The van der Waals surface area contributed by atoms with Gasteiger partial charge in [0, 0.05) is 48.1 Å². The number of carboxylic acid groups (broad SMARTS) is 1. The van der Waals surface area contributed by atoms with Gasteiger partial charge in [-0.15, -0.1) is 0 Å². The zero-order chi connectivity index (χ0) is 38.8. The predicted molar refractivity (Wildman–Crippen MR) is 193 cm³/mol. The quantitative estimate of drug-likeness (QED) is 0.0859. The first kappa shape index (κ1) is 39.8. The Kier molecular flexibility index (Phi) is 13.7. The van der Waals surface area contributed by atoms with E-state index in [-0.39, 0.29) is 24.0 Å². The molecule has 1 heterocycles. The number of halogens is 2. The number of hydrogen-bond acceptors (Lipinski definition) is 11. The summed E-state index contributed by atoms with van der Waals surface area (Å²) in [5.74, 6) is -4.17. The summed E-state index contributed by atoms with van der Waals surface area (Å²) in [5.41, 5.74) is 4.55. The molecule has 5 rings (SSSR count). The summed E-state index contributed by atoms with van der Waals surface area (Å²) in [6.07, 6.45) is 3.26. The molecular weight excluding hydrogens is 723 g/mol. The molecule has 3 aromatic carbocycles. The number of ketones is 1. The largest absolute Gasteiger partial charge is 0.488 e. The fraction of sp³-hybridized carbons (Fsp3) is 0.308. The van der Waals surface area contributed by atoms with Crippen LogP contribution < -0.4 is 20.1 Å². The molecule has 1 aliphatic carbocycles. The number of nitriles is 1. The van der Waals surface area contributed by atoms with Gasteiger partial charge in [-0.3, -0.25) is 14.6 Å². The zero-order valence-electron chi connectivity index (χ0n) is 28.9. The number of fused-ring (bicyclic) bond motifs is 1. The number of hydrogen-bond donors (Lipinski definition) is 6. The molecule has 6 N–H and O–H groups in total. The first-order valence-electron chi connectivity index (χ1n) is 17.0. The molecule has 4 aromatic rings. The van der Waals surface area contributed by atoms with Crippen LogP contribution in [0.4, 0.5) is 4.39 Å². The van der Waals surface area contributed by atoms with Crippen LogP contribution >= 0.6 is 11.6 Å². The van der Waals surface area contributed by atoms with E-state index in [1.807, 2.05) is 24.3 Å². The summed E-state index contributed by atoms with van der Waals surface area (Å²) < 4.78 is 27.4. The molecule has 4 atom stereocenters. The Balaban J connectivity index is 1.36. The van der Waals surface area contributed by atoms with Gasteiger partial charge in [-0.05, 0) is 47.7 Å². The smallest absolute Gasteiger partial charge is 0.328 e. The van der Waals surface area contributed by atoms with Gasteiger partial charge in [-0.25, -0.2) is 9.18 Å². The van der Waals surface area contributed by atoms with Gasteiger partial charge in [0.2, 0.25) is 5.91 Å². The zero-order valence-corrected chi connectivity index (χ0v) is 29.6. The van der Waals surface area contributed by atoms with Crippen molar-refractivity contribution in [2.75, 3.05) is 19.8 Å². The number of aliphatic hydroxyl groups is 3. The second kappa shape index (κ2) is 18.6. The molecule has 15 heteroatoms. The van der Waals surface area contributed by atoms with Crippen LogP contribution in [-0.2, 0) is 34.0 Å². The predicted octanol–water partition coefficient (Wildman–Crippen LogP) is 3.64. The molecule has 54 heavy (non-hydrogen) atoms. The Morgan fingerprint density at radius 2 is 1.74 bits per heavy atom. The highest BCUT2D eigenvalue weighted by Gasteiger charge is 2.30. The van der Waals surface area contributed by atoms with Crippen molar-refractivity contribution in [1.29, 1.82) is 5.26 Å². The van der Waals surface area contributed by atoms with E-state index >= 15 is 0 Å². The number of nitrogens with one attached hydrogen (secondary N) is 2. The number of amides is 1. The Hall–Kier alpha value is -5.43. The van der Waals surface area contributed by atoms with Crippen LogP contribution in [0.25, 0.3) is 11.1 Å². The second-order valence-corrected chi connectivity index (χ2v) is 13.0. The molecule has 0 fully saturated rings. The van der Waals surface area contributed by atoms with Crippen LogP contribution in [0.15, 0.2) is 73.1 Å². The maximum Gasteiger partial charge on any atom is 0.328 e. The van der Waals surface area contributed by atoms with Crippen LogP contribution in [0.2, 0.25) is 5.02 Å². The van der Waals surface area contributed by atoms with Gasteiger partial charge < -0.3 is 40.5 Å². The van der Waals surface area contributed by atoms with E-state index in [1.165, 1.54) is 12.3 Å². The number of carbonyl (C=O) groups is 3. The highest BCUT2D eigenvalue weighted by atomic mass is 35.5. The van der Waals surface area contributed by atoms with Crippen molar-refractivity contribution in [2.24, 2.45) is 5.92 Å². The summed E-state index contributed by atoms with van der Waals surface area (Å²) in [5, 5.41) is 52.7. The van der Waals surface area contributed by atoms with Crippen LogP contribution in [0.1, 0.15) is 46.8 Å². The first-order chi connectivity index (χ1) is 26.1. The number of pyridine rings is 1. The number of rotatable bonds is 18. The molecule has 0 spiro atoms. The number of benzene rings is 3. The van der Waals surface area contributed by atoms with Gasteiger partial charge in [0.1, 0.15) is 42.1 Å². The normalized spacial score (nSPS) is 15.0. The molecule has 1 aliphatic rings. The number of nitrogens with zero attached hydrogens (tertiary/aromatic N) is 2. The number of Topliss-reactive ketones (excluding diaryl/α,β-unsaturated/α-hetero) is 1. The highest BCUT2D eigenvalue weighted by Crippen LogP contribution is 2.43. The third-order valence-electron chi connectivity index (χ3n) is 9.03. The van der Waals surface area contributed by atoms with Gasteiger partial charge in [0.25, 0.3) is 0 Å². The minimum Gasteiger partial charge on any atom is -0.488 e. The Bertz CT molecular complexity index is 2040. The maximum absolute atomic E-state index is 14.8. The van der Waals surface area contributed by atoms with Gasteiger partial charge in [0.05, 0.1) is 42.4 Å². The van der Waals surface area contributed by atoms with Crippen LogP contribution in [0.3, 0.4) is 0 Å². The SMILES string of the molecule is N#Cc1cncc(COc2cc(O[C@H]3CCc4c(-c5ccccc5F)cccc43)c(Cl)cc2CN[C@@H](CO)C(=O)C[C@@H](CO)C(=O)N[C@@H](CO)C(=O)O)c1. The topological polar surface area (TPSA) is 211 Å². The molecule has 0 saturated heterocycles. The number of carbonyl (C=O) groups excluding carboxylic acids is 2. The summed E-state index contributed by atoms with van der Waals surface area (Å²) in [7, 11) is 0. The Morgan fingerprint density at radius 1 is 0.981 bits per heavy atom. The lowest BCUT2D eigenvalue weighted by atomic mass is 9.96. The Morgan fingerprint density at radius 3 is 2.44 bits per heavy atom. The lowest BCUT2D eigenvalue weighted by Gasteiger charge is -2.22. The standard InChI is InChI=1S/C39H38ClFN4O9/c40-30-11-24(17-44-32(19-47)34(49)12-25(18-46)38(50)45-33(20-48)39(51)52)36(53-21-23-10-22(14-42)15-43-16-23)13-37(30)54-35-9-8-27-26(5-3-6-29(27)35)28-4-1-2-7-31(28)41/h1-7,10-11,13,15-16,25,32-33,35,44,46-48H,8-9,12,17-21H2,(H,45,50)(H,51,52)/t25-,32-,33-,35-/m0/s1. The number of aromatic nitrogens is 1. The minimum atomic E-state index is -1.62. The number of carboxylic acids is 1. The third-order valence-corrected chi connectivity index (χ3v) is 9.32. The fourth-order valence-corrected chi connectivity index (χ4v) is 6.40. The molecule has 0 unspecified atom stereocenters. The van der Waals surface area contributed by atoms with Crippen molar-refractivity contribution >= 4 is 29.3 Å². The monoisotopic (exact) mass is 760 g/mol. The lowest BCUT2D eigenvalue weighted by molar-refractivity contribution is -0.144. The van der Waals surface area contributed by atoms with E-state index in [0.29, 0.717) is 46.6 Å². The third kappa shape index (κ3) is 9.56. The van der Waals surface area contributed by atoms with E-state index in [9.17, 15) is 39.4 Å². The van der Waals surface area contributed by atoms with Gasteiger partial charge in [-0.2, -0.15) is 5.26 Å². The first-order valence-corrected chi connectivity index (χ1v) is 17.4. The van der Waals surface area contributed by atoms with E-state index in [4.69, 9.17) is 26.2 Å². The average molecular weight is 761 g/mol. The van der Waals surface area contributed by atoms with Crippen molar-refractivity contribution in [3.05, 3.63) is 112 Å². The van der Waals surface area contributed by atoms with Crippen LogP contribution in [0, 0.1) is 23.1 Å². The average Bonchev–Trinajstić information content (AvgIpc) is 3.59. The molecule has 1 amide bonds. The molecule has 1 aromatic heterocycles. The molecule has 282 valence electrons. The van der Waals surface area contributed by atoms with Crippen molar-refractivity contribution in [3.63, 3.8) is 0 Å². The molecular formula is C39H38ClFN4O9. The van der Waals surface area contributed by atoms with Crippen molar-refractivity contribution in [2.45, 2.75) is 50.6 Å². The van der Waals surface area contributed by atoms with Crippen LogP contribution in [-0.4, -0.2) is 75.0 Å². The van der Waals surface area contributed by atoms with Gasteiger partial charge in [0.15, 0.2) is 5.78 Å². The summed E-state index contributed by atoms with van der Waals surface area (Å²) in [4.78, 5) is 41.0. The number of aliphatic hydroxyl groups excluding tert-OH is 3. The van der Waals surface area contributed by atoms with E-state index in [2.05, 4.69) is 15.6 Å². The van der Waals surface area contributed by atoms with Crippen molar-refractivity contribution < 1.29 is 48.7 Å². The molecule has 0 aliphatic heterocycles. The number of ether oxygens (including phenoxy) is 2. The lowest BCUT2D eigenvalue weighted by Crippen LogP contribution is -2.48.